The molecule has 1 aromatic rings. The minimum atomic E-state index is 0.209. The highest BCUT2D eigenvalue weighted by molar-refractivity contribution is 7.13. The van der Waals surface area contributed by atoms with E-state index >= 15 is 0 Å². The van der Waals surface area contributed by atoms with Crippen LogP contribution in [0.5, 0.6) is 0 Å². The topological polar surface area (TPSA) is 68.0 Å². The average Bonchev–Trinajstić information content (AvgIpc) is 2.89. The van der Waals surface area contributed by atoms with Crippen LogP contribution in [0.4, 0.5) is 5.13 Å². The standard InChI is InChI=1S/C11H17N3OS/c12-11-14-9(7-16-11)5-6-13-10(15)8-3-1-2-4-8/h7-8H,1-6H2,(H2,12,14)(H,13,15). The SMILES string of the molecule is Nc1nc(CCNC(=O)C2CCCC2)cs1. The van der Waals surface area contributed by atoms with E-state index in [4.69, 9.17) is 5.73 Å². The largest absolute Gasteiger partial charge is 0.375 e. The molecule has 16 heavy (non-hydrogen) atoms. The third-order valence-electron chi connectivity index (χ3n) is 2.98. The van der Waals surface area contributed by atoms with Crippen LogP contribution in [-0.4, -0.2) is 17.4 Å². The zero-order chi connectivity index (χ0) is 11.4. The van der Waals surface area contributed by atoms with Gasteiger partial charge in [0.1, 0.15) is 0 Å². The Labute approximate surface area is 99.3 Å². The summed E-state index contributed by atoms with van der Waals surface area (Å²) >= 11 is 1.44. The first kappa shape index (κ1) is 11.4. The van der Waals surface area contributed by atoms with Crippen LogP contribution in [0.1, 0.15) is 31.4 Å². The Balaban J connectivity index is 1.69. The summed E-state index contributed by atoms with van der Waals surface area (Å²) in [5.41, 5.74) is 6.50. The van der Waals surface area contributed by atoms with Gasteiger partial charge < -0.3 is 11.1 Å². The maximum atomic E-state index is 11.7. The molecule has 0 aromatic carbocycles. The predicted octanol–water partition coefficient (Wildman–Crippen LogP) is 1.57. The summed E-state index contributed by atoms with van der Waals surface area (Å²) in [5.74, 6) is 0.459. The molecule has 0 atom stereocenters. The number of hydrogen-bond acceptors (Lipinski definition) is 4. The Bertz CT molecular complexity index is 358. The molecule has 0 unspecified atom stereocenters. The monoisotopic (exact) mass is 239 g/mol. The molecule has 1 aromatic heterocycles. The molecule has 1 fully saturated rings. The van der Waals surface area contributed by atoms with Crippen molar-refractivity contribution in [3.8, 4) is 0 Å². The van der Waals surface area contributed by atoms with Crippen molar-refractivity contribution >= 4 is 22.4 Å². The lowest BCUT2D eigenvalue weighted by atomic mass is 10.1. The van der Waals surface area contributed by atoms with Crippen LogP contribution >= 0.6 is 11.3 Å². The van der Waals surface area contributed by atoms with E-state index in [1.165, 1.54) is 24.2 Å². The van der Waals surface area contributed by atoms with Gasteiger partial charge >= 0.3 is 0 Å². The number of nitrogens with two attached hydrogens (primary N) is 1. The molecule has 2 rings (SSSR count). The second-order valence-corrected chi connectivity index (χ2v) is 5.09. The summed E-state index contributed by atoms with van der Waals surface area (Å²) in [6.45, 7) is 0.665. The lowest BCUT2D eigenvalue weighted by Crippen LogP contribution is -2.30. The summed E-state index contributed by atoms with van der Waals surface area (Å²) in [4.78, 5) is 15.8. The number of aromatic nitrogens is 1. The van der Waals surface area contributed by atoms with Gasteiger partial charge in [0.05, 0.1) is 5.69 Å². The van der Waals surface area contributed by atoms with Gasteiger partial charge in [-0.15, -0.1) is 11.3 Å². The highest BCUT2D eigenvalue weighted by Crippen LogP contribution is 2.24. The number of anilines is 1. The third kappa shape index (κ3) is 2.95. The molecule has 1 heterocycles. The first-order valence-corrected chi connectivity index (χ1v) is 6.61. The van der Waals surface area contributed by atoms with Crippen molar-refractivity contribution in [2.45, 2.75) is 32.1 Å². The Morgan fingerprint density at radius 1 is 1.56 bits per heavy atom. The second-order valence-electron chi connectivity index (χ2n) is 4.20. The van der Waals surface area contributed by atoms with Crippen molar-refractivity contribution in [3.63, 3.8) is 0 Å². The van der Waals surface area contributed by atoms with Crippen molar-refractivity contribution in [2.75, 3.05) is 12.3 Å². The molecule has 3 N–H and O–H groups in total. The molecule has 0 bridgehead atoms. The van der Waals surface area contributed by atoms with Gasteiger partial charge in [-0.25, -0.2) is 4.98 Å². The van der Waals surface area contributed by atoms with Crippen molar-refractivity contribution in [1.82, 2.24) is 10.3 Å². The van der Waals surface area contributed by atoms with E-state index in [9.17, 15) is 4.79 Å². The van der Waals surface area contributed by atoms with Gasteiger partial charge in [0, 0.05) is 24.3 Å². The number of hydrogen-bond donors (Lipinski definition) is 2. The van der Waals surface area contributed by atoms with Crippen LogP contribution in [-0.2, 0) is 11.2 Å². The molecule has 0 saturated heterocycles. The number of carbonyl (C=O) groups is 1. The quantitative estimate of drug-likeness (QED) is 0.838. The molecule has 5 heteroatoms. The van der Waals surface area contributed by atoms with Crippen LogP contribution in [0.15, 0.2) is 5.38 Å². The summed E-state index contributed by atoms with van der Waals surface area (Å²) in [7, 11) is 0. The number of nitrogens with zero attached hydrogens (tertiary/aromatic N) is 1. The van der Waals surface area contributed by atoms with E-state index in [2.05, 4.69) is 10.3 Å². The maximum absolute atomic E-state index is 11.7. The second kappa shape index (κ2) is 5.30. The maximum Gasteiger partial charge on any atom is 0.223 e. The fraction of sp³-hybridized carbons (Fsp3) is 0.636. The van der Waals surface area contributed by atoms with Gasteiger partial charge in [-0.2, -0.15) is 0 Å². The summed E-state index contributed by atoms with van der Waals surface area (Å²) in [5, 5.41) is 5.50. The zero-order valence-corrected chi connectivity index (χ0v) is 10.1. The molecule has 1 saturated carbocycles. The van der Waals surface area contributed by atoms with Gasteiger partial charge in [-0.05, 0) is 12.8 Å². The Morgan fingerprint density at radius 3 is 2.94 bits per heavy atom. The van der Waals surface area contributed by atoms with E-state index in [1.54, 1.807) is 0 Å². The lowest BCUT2D eigenvalue weighted by molar-refractivity contribution is -0.124. The van der Waals surface area contributed by atoms with Crippen molar-refractivity contribution in [2.24, 2.45) is 5.92 Å². The molecule has 0 spiro atoms. The molecule has 0 aliphatic heterocycles. The van der Waals surface area contributed by atoms with Crippen LogP contribution < -0.4 is 11.1 Å². The number of carbonyl (C=O) groups excluding carboxylic acids is 1. The highest BCUT2D eigenvalue weighted by Gasteiger charge is 2.21. The average molecular weight is 239 g/mol. The summed E-state index contributed by atoms with van der Waals surface area (Å²) < 4.78 is 0. The zero-order valence-electron chi connectivity index (χ0n) is 9.24. The summed E-state index contributed by atoms with van der Waals surface area (Å²) in [6.07, 6.45) is 5.26. The van der Waals surface area contributed by atoms with E-state index < -0.39 is 0 Å². The van der Waals surface area contributed by atoms with Gasteiger partial charge in [-0.3, -0.25) is 4.79 Å². The van der Waals surface area contributed by atoms with Crippen molar-refractivity contribution in [3.05, 3.63) is 11.1 Å². The summed E-state index contributed by atoms with van der Waals surface area (Å²) in [6, 6.07) is 0. The van der Waals surface area contributed by atoms with Crippen LogP contribution in [0.25, 0.3) is 0 Å². The smallest absolute Gasteiger partial charge is 0.223 e. The highest BCUT2D eigenvalue weighted by atomic mass is 32.1. The molecule has 4 nitrogen and oxygen atoms in total. The van der Waals surface area contributed by atoms with E-state index in [1.807, 2.05) is 5.38 Å². The fourth-order valence-electron chi connectivity index (χ4n) is 2.08. The Kier molecular flexibility index (Phi) is 3.77. The van der Waals surface area contributed by atoms with E-state index in [0.29, 0.717) is 11.7 Å². The number of nitrogen functional groups attached to an aromatic ring is 1. The van der Waals surface area contributed by atoms with Gasteiger partial charge in [0.25, 0.3) is 0 Å². The van der Waals surface area contributed by atoms with Crippen molar-refractivity contribution in [1.29, 1.82) is 0 Å². The Morgan fingerprint density at radius 2 is 2.31 bits per heavy atom. The van der Waals surface area contributed by atoms with Crippen LogP contribution in [0.2, 0.25) is 0 Å². The molecule has 1 aliphatic rings. The normalized spacial score (nSPS) is 16.5. The number of nitrogens with one attached hydrogen (secondary N) is 1. The van der Waals surface area contributed by atoms with E-state index in [-0.39, 0.29) is 11.8 Å². The van der Waals surface area contributed by atoms with Crippen molar-refractivity contribution < 1.29 is 4.79 Å². The Hall–Kier alpha value is -1.10. The molecule has 0 radical (unpaired) electrons. The van der Waals surface area contributed by atoms with E-state index in [0.717, 1.165) is 25.0 Å². The molecule has 1 amide bonds. The first-order chi connectivity index (χ1) is 7.75. The minimum absolute atomic E-state index is 0.209. The molecule has 1 aliphatic carbocycles. The van der Waals surface area contributed by atoms with Gasteiger partial charge in [-0.1, -0.05) is 12.8 Å². The number of amides is 1. The minimum Gasteiger partial charge on any atom is -0.375 e. The van der Waals surface area contributed by atoms with Gasteiger partial charge in [0.2, 0.25) is 5.91 Å². The number of thiazole rings is 1. The molecular formula is C11H17N3OS. The van der Waals surface area contributed by atoms with Gasteiger partial charge in [0.15, 0.2) is 5.13 Å². The fourth-order valence-corrected chi connectivity index (χ4v) is 2.68. The molecular weight excluding hydrogens is 222 g/mol. The molecule has 88 valence electrons. The number of rotatable bonds is 4. The van der Waals surface area contributed by atoms with Crippen LogP contribution in [0.3, 0.4) is 0 Å². The first-order valence-electron chi connectivity index (χ1n) is 5.73. The van der Waals surface area contributed by atoms with Crippen LogP contribution in [0, 0.1) is 5.92 Å². The lowest BCUT2D eigenvalue weighted by Gasteiger charge is -2.09. The predicted molar refractivity (Wildman–Crippen MR) is 65.2 cm³/mol. The third-order valence-corrected chi connectivity index (χ3v) is 3.70.